The Kier molecular flexibility index (Phi) is 7.55. The molecule has 0 aliphatic carbocycles. The Labute approximate surface area is 158 Å². The molecule has 27 heavy (non-hydrogen) atoms. The fraction of sp³-hybridized carbons (Fsp3) is 0.350. The molecule has 5 nitrogen and oxygen atoms in total. The van der Waals surface area contributed by atoms with E-state index in [1.165, 1.54) is 12.1 Å². The predicted molar refractivity (Wildman–Crippen MR) is 102 cm³/mol. The van der Waals surface area contributed by atoms with E-state index in [2.05, 4.69) is 20.4 Å². The Balaban J connectivity index is 2.02. The lowest BCUT2D eigenvalue weighted by molar-refractivity contribution is -0.0498. The van der Waals surface area contributed by atoms with Gasteiger partial charge < -0.3 is 20.5 Å². The molecule has 0 saturated carbocycles. The summed E-state index contributed by atoms with van der Waals surface area (Å²) < 4.78 is 29.1. The van der Waals surface area contributed by atoms with Gasteiger partial charge in [0, 0.05) is 6.54 Å². The minimum atomic E-state index is -2.86. The Morgan fingerprint density at radius 2 is 1.89 bits per heavy atom. The number of aliphatic imine (C=N–C) groups is 1. The Hall–Kier alpha value is -2.67. The smallest absolute Gasteiger partial charge is 0.387 e. The molecule has 0 aliphatic heterocycles. The number of aliphatic hydroxyl groups is 1. The van der Waals surface area contributed by atoms with Crippen molar-refractivity contribution in [3.05, 3.63) is 65.7 Å². The summed E-state index contributed by atoms with van der Waals surface area (Å²) in [7, 11) is 0. The van der Waals surface area contributed by atoms with Crippen LogP contribution in [0.15, 0.2) is 59.6 Å². The van der Waals surface area contributed by atoms with Gasteiger partial charge in [-0.15, -0.1) is 0 Å². The minimum Gasteiger partial charge on any atom is -0.435 e. The molecule has 0 heterocycles. The predicted octanol–water partition coefficient (Wildman–Crippen LogP) is 3.25. The molecule has 2 aromatic carbocycles. The van der Waals surface area contributed by atoms with Crippen molar-refractivity contribution in [3.63, 3.8) is 0 Å². The summed E-state index contributed by atoms with van der Waals surface area (Å²) in [5.74, 6) is 0.622. The summed E-state index contributed by atoms with van der Waals surface area (Å²) in [6, 6.07) is 15.8. The van der Waals surface area contributed by atoms with Gasteiger partial charge in [-0.3, -0.25) is 0 Å². The van der Waals surface area contributed by atoms with Gasteiger partial charge in [-0.05, 0) is 37.1 Å². The van der Waals surface area contributed by atoms with Crippen LogP contribution in [0, 0.1) is 0 Å². The number of hydrogen-bond acceptors (Lipinski definition) is 3. The van der Waals surface area contributed by atoms with Gasteiger partial charge in [-0.2, -0.15) is 8.78 Å². The molecular formula is C20H25F2N3O2. The molecule has 1 atom stereocenters. The fourth-order valence-corrected chi connectivity index (χ4v) is 2.49. The van der Waals surface area contributed by atoms with Crippen molar-refractivity contribution in [2.75, 3.05) is 13.1 Å². The van der Waals surface area contributed by atoms with Crippen LogP contribution in [-0.2, 0) is 12.1 Å². The highest BCUT2D eigenvalue weighted by Gasteiger charge is 2.22. The lowest BCUT2D eigenvalue weighted by atomic mass is 9.96. The largest absolute Gasteiger partial charge is 0.435 e. The molecular weight excluding hydrogens is 352 g/mol. The van der Waals surface area contributed by atoms with Crippen LogP contribution in [-0.4, -0.2) is 30.8 Å². The Bertz CT molecular complexity index is 737. The molecule has 146 valence electrons. The van der Waals surface area contributed by atoms with Crippen molar-refractivity contribution >= 4 is 5.96 Å². The first kappa shape index (κ1) is 20.6. The number of alkyl halides is 2. The zero-order valence-corrected chi connectivity index (χ0v) is 15.5. The van der Waals surface area contributed by atoms with Crippen molar-refractivity contribution in [2.45, 2.75) is 32.6 Å². The molecule has 2 rings (SSSR count). The highest BCUT2D eigenvalue weighted by Crippen LogP contribution is 2.19. The standard InChI is InChI=1S/C20H25F2N3O2/c1-3-23-19(25-14-20(2,26)16-9-5-4-6-10-16)24-13-15-8-7-11-17(12-15)27-18(21)22/h4-12,18,26H,3,13-14H2,1-2H3,(H2,23,24,25). The van der Waals surface area contributed by atoms with Crippen LogP contribution in [0.3, 0.4) is 0 Å². The normalized spacial score (nSPS) is 13.9. The van der Waals surface area contributed by atoms with Gasteiger partial charge in [-0.25, -0.2) is 4.99 Å². The van der Waals surface area contributed by atoms with Crippen LogP contribution in [0.5, 0.6) is 5.75 Å². The van der Waals surface area contributed by atoms with E-state index in [4.69, 9.17) is 0 Å². The maximum absolute atomic E-state index is 12.3. The second-order valence-corrected chi connectivity index (χ2v) is 6.21. The maximum Gasteiger partial charge on any atom is 0.387 e. The van der Waals surface area contributed by atoms with Gasteiger partial charge in [0.05, 0.1) is 13.1 Å². The molecule has 0 saturated heterocycles. The third-order valence-electron chi connectivity index (χ3n) is 3.88. The van der Waals surface area contributed by atoms with Gasteiger partial charge in [0.1, 0.15) is 11.4 Å². The van der Waals surface area contributed by atoms with Crippen molar-refractivity contribution in [3.8, 4) is 5.75 Å². The lowest BCUT2D eigenvalue weighted by Crippen LogP contribution is -2.44. The van der Waals surface area contributed by atoms with Crippen LogP contribution in [0.2, 0.25) is 0 Å². The molecule has 1 unspecified atom stereocenters. The highest BCUT2D eigenvalue weighted by atomic mass is 19.3. The van der Waals surface area contributed by atoms with Crippen LogP contribution in [0.4, 0.5) is 8.78 Å². The molecule has 0 bridgehead atoms. The Morgan fingerprint density at radius 3 is 2.56 bits per heavy atom. The fourth-order valence-electron chi connectivity index (χ4n) is 2.49. The molecule has 7 heteroatoms. The first-order valence-electron chi connectivity index (χ1n) is 8.74. The number of ether oxygens (including phenoxy) is 1. The van der Waals surface area contributed by atoms with Gasteiger partial charge in [-0.1, -0.05) is 42.5 Å². The molecule has 0 aromatic heterocycles. The summed E-state index contributed by atoms with van der Waals surface area (Å²) >= 11 is 0. The molecule has 0 amide bonds. The molecule has 0 radical (unpaired) electrons. The lowest BCUT2D eigenvalue weighted by Gasteiger charge is -2.25. The minimum absolute atomic E-state index is 0.0997. The average Bonchev–Trinajstić information content (AvgIpc) is 2.64. The van der Waals surface area contributed by atoms with Crippen LogP contribution >= 0.6 is 0 Å². The number of benzene rings is 2. The van der Waals surface area contributed by atoms with E-state index in [1.807, 2.05) is 37.3 Å². The quantitative estimate of drug-likeness (QED) is 0.488. The zero-order chi connectivity index (χ0) is 19.7. The van der Waals surface area contributed by atoms with Crippen LogP contribution in [0.1, 0.15) is 25.0 Å². The first-order chi connectivity index (χ1) is 12.9. The van der Waals surface area contributed by atoms with Gasteiger partial charge in [0.2, 0.25) is 0 Å². The topological polar surface area (TPSA) is 65.9 Å². The van der Waals surface area contributed by atoms with Crippen molar-refractivity contribution in [2.24, 2.45) is 4.99 Å². The molecule has 2 aromatic rings. The molecule has 3 N–H and O–H groups in total. The summed E-state index contributed by atoms with van der Waals surface area (Å²) in [4.78, 5) is 4.44. The summed E-state index contributed by atoms with van der Waals surface area (Å²) in [6.07, 6.45) is 0. The van der Waals surface area contributed by atoms with Crippen molar-refractivity contribution in [1.82, 2.24) is 10.6 Å². The number of guanidine groups is 1. The number of nitrogens with one attached hydrogen (secondary N) is 2. The van der Waals surface area contributed by atoms with Crippen LogP contribution < -0.4 is 15.4 Å². The molecule has 0 spiro atoms. The summed E-state index contributed by atoms with van der Waals surface area (Å²) in [5.41, 5.74) is 0.466. The van der Waals surface area contributed by atoms with Crippen molar-refractivity contribution < 1.29 is 18.6 Å². The SMILES string of the molecule is CCNC(=NCc1cccc(OC(F)F)c1)NCC(C)(O)c1ccccc1. The van der Waals surface area contributed by atoms with E-state index >= 15 is 0 Å². The molecule has 0 aliphatic rings. The van der Waals surface area contributed by atoms with Gasteiger partial charge >= 0.3 is 6.61 Å². The third-order valence-corrected chi connectivity index (χ3v) is 3.88. The number of hydrogen-bond donors (Lipinski definition) is 3. The van der Waals surface area contributed by atoms with Gasteiger partial charge in [0.25, 0.3) is 0 Å². The Morgan fingerprint density at radius 1 is 1.15 bits per heavy atom. The van der Waals surface area contributed by atoms with E-state index in [0.717, 1.165) is 11.1 Å². The van der Waals surface area contributed by atoms with E-state index in [0.29, 0.717) is 12.5 Å². The summed E-state index contributed by atoms with van der Waals surface area (Å²) in [6.45, 7) is 1.99. The third kappa shape index (κ3) is 6.86. The number of rotatable bonds is 8. The van der Waals surface area contributed by atoms with Crippen molar-refractivity contribution in [1.29, 1.82) is 0 Å². The second kappa shape index (κ2) is 9.87. The summed E-state index contributed by atoms with van der Waals surface area (Å²) in [5, 5.41) is 16.9. The number of nitrogens with zero attached hydrogens (tertiary/aromatic N) is 1. The van der Waals surface area contributed by atoms with E-state index < -0.39 is 12.2 Å². The first-order valence-corrected chi connectivity index (χ1v) is 8.74. The second-order valence-electron chi connectivity index (χ2n) is 6.21. The number of halogens is 2. The molecule has 0 fully saturated rings. The monoisotopic (exact) mass is 377 g/mol. The van der Waals surface area contributed by atoms with E-state index in [9.17, 15) is 13.9 Å². The van der Waals surface area contributed by atoms with E-state index in [-0.39, 0.29) is 18.8 Å². The highest BCUT2D eigenvalue weighted by molar-refractivity contribution is 5.79. The average molecular weight is 377 g/mol. The van der Waals surface area contributed by atoms with Crippen LogP contribution in [0.25, 0.3) is 0 Å². The van der Waals surface area contributed by atoms with E-state index in [1.54, 1.807) is 19.1 Å². The van der Waals surface area contributed by atoms with Gasteiger partial charge in [0.15, 0.2) is 5.96 Å². The zero-order valence-electron chi connectivity index (χ0n) is 15.5. The maximum atomic E-state index is 12.3.